The van der Waals surface area contributed by atoms with Gasteiger partial charge in [0.25, 0.3) is 31.2 Å². The molecule has 4 heterocycles. The van der Waals surface area contributed by atoms with Crippen LogP contribution in [0.5, 0.6) is 11.5 Å². The maximum absolute atomic E-state index is 15.4. The van der Waals surface area contributed by atoms with Gasteiger partial charge in [-0.1, -0.05) is 52.5 Å². The van der Waals surface area contributed by atoms with Gasteiger partial charge in [0.2, 0.25) is 0 Å². The third-order valence-electron chi connectivity index (χ3n) is 11.1. The highest BCUT2D eigenvalue weighted by molar-refractivity contribution is 7.93. The molecule has 0 aliphatic carbocycles. The van der Waals surface area contributed by atoms with E-state index in [0.29, 0.717) is 37.4 Å². The summed E-state index contributed by atoms with van der Waals surface area (Å²) in [5, 5.41) is 8.63. The molecule has 0 spiro atoms. The summed E-state index contributed by atoms with van der Waals surface area (Å²) >= 11 is 18.1. The molecular weight excluding hydrogens is 1120 g/mol. The van der Waals surface area contributed by atoms with E-state index in [9.17, 15) is 30.8 Å². The highest BCUT2D eigenvalue weighted by Gasteiger charge is 2.23. The molecule has 0 saturated carbocycles. The maximum Gasteiger partial charge on any atom is 0.263 e. The van der Waals surface area contributed by atoms with Gasteiger partial charge in [-0.3, -0.25) is 28.2 Å². The second-order valence-electron chi connectivity index (χ2n) is 15.8. The van der Waals surface area contributed by atoms with E-state index in [1.807, 2.05) is 0 Å². The first kappa shape index (κ1) is 56.1. The molecule has 10 aromatic rings. The summed E-state index contributed by atoms with van der Waals surface area (Å²) in [4.78, 5) is 25.7. The van der Waals surface area contributed by atoms with Gasteiger partial charge in [-0.05, 0) is 108 Å². The number of nitrogens with one attached hydrogen (secondary N) is 2. The lowest BCUT2D eigenvalue weighted by Gasteiger charge is -2.17. The molecule has 4 aromatic heterocycles. The quantitative estimate of drug-likeness (QED) is 0.110. The topological polar surface area (TPSA) is 207 Å². The predicted octanol–water partition coefficient (Wildman–Crippen LogP) is 12.0. The molecule has 25 heteroatoms. The summed E-state index contributed by atoms with van der Waals surface area (Å²) < 4.78 is 123. The van der Waals surface area contributed by atoms with Gasteiger partial charge in [-0.25, -0.2) is 30.0 Å². The molecule has 1 atom stereocenters. The predicted molar refractivity (Wildman–Crippen MR) is 290 cm³/mol. The van der Waals surface area contributed by atoms with Gasteiger partial charge in [0.1, 0.15) is 41.5 Å². The molecule has 0 aliphatic rings. The van der Waals surface area contributed by atoms with E-state index < -0.39 is 48.6 Å². The van der Waals surface area contributed by atoms with Crippen molar-refractivity contribution in [1.82, 2.24) is 19.4 Å². The molecule has 0 aliphatic heterocycles. The lowest BCUT2D eigenvalue weighted by Crippen LogP contribution is -2.19. The van der Waals surface area contributed by atoms with E-state index in [1.54, 1.807) is 12.1 Å². The van der Waals surface area contributed by atoms with Crippen molar-refractivity contribution in [2.75, 3.05) is 23.7 Å². The van der Waals surface area contributed by atoms with Crippen LogP contribution in [-0.2, 0) is 20.0 Å². The number of methoxy groups -OCH3 is 2. The van der Waals surface area contributed by atoms with Gasteiger partial charge >= 0.3 is 0 Å². The number of halogens is 6. The van der Waals surface area contributed by atoms with E-state index in [4.69, 9.17) is 44.3 Å². The minimum atomic E-state index is -4.01. The number of benzene rings is 6. The van der Waals surface area contributed by atoms with Crippen molar-refractivity contribution in [2.24, 2.45) is 0 Å². The Morgan fingerprint density at radius 3 is 1.32 bits per heavy atom. The molecule has 76 heavy (non-hydrogen) atoms. The first-order valence-electron chi connectivity index (χ1n) is 21.2. The molecule has 16 nitrogen and oxygen atoms in total. The third kappa shape index (κ3) is 11.6. The van der Waals surface area contributed by atoms with Crippen LogP contribution in [0.2, 0.25) is 15.1 Å². The molecular formula is C51H39Cl3F3N6O10PS2. The maximum atomic E-state index is 15.4. The fraction of sp³-hybridized carbons (Fsp3) is 0.0588. The van der Waals surface area contributed by atoms with Crippen molar-refractivity contribution < 1.29 is 48.5 Å². The highest BCUT2D eigenvalue weighted by atomic mass is 35.5. The van der Waals surface area contributed by atoms with Crippen LogP contribution in [0.1, 0.15) is 7.43 Å². The molecule has 10 rings (SSSR count). The highest BCUT2D eigenvalue weighted by Crippen LogP contribution is 2.37. The minimum absolute atomic E-state index is 0. The Labute approximate surface area is 448 Å². The SMILES string of the molecule is C.COc1cc(-c2cc(Cl)cc(Cl)c2)c(F)cc1-n1c(=O)ccc2cc(S(=O)(=O)Nc3ccon3)ccc21.COc1cc(-c2cc(F)cc(Cl)c2)c(F)cc1-n1c(=O)ccc2cc(S(=O)(=O)Nc3ccon3)ccc21.P. The summed E-state index contributed by atoms with van der Waals surface area (Å²) in [6.07, 6.45) is 2.45. The number of anilines is 2. The van der Waals surface area contributed by atoms with Crippen LogP contribution in [0, 0.1) is 17.5 Å². The van der Waals surface area contributed by atoms with Gasteiger partial charge < -0.3 is 18.5 Å². The number of pyridine rings is 2. The second-order valence-corrected chi connectivity index (χ2v) is 20.4. The second kappa shape index (κ2) is 22.7. The largest absolute Gasteiger partial charge is 0.495 e. The summed E-state index contributed by atoms with van der Waals surface area (Å²) in [6, 6.07) is 29.7. The molecule has 0 bridgehead atoms. The normalized spacial score (nSPS) is 11.3. The van der Waals surface area contributed by atoms with Crippen LogP contribution in [0.25, 0.3) is 55.4 Å². The van der Waals surface area contributed by atoms with Gasteiger partial charge in [-0.15, -0.1) is 0 Å². The zero-order chi connectivity index (χ0) is 52.6. The lowest BCUT2D eigenvalue weighted by atomic mass is 10.0. The van der Waals surface area contributed by atoms with E-state index >= 15 is 8.78 Å². The molecule has 0 amide bonds. The average Bonchev–Trinajstić information content (AvgIpc) is 4.09. The Morgan fingerprint density at radius 2 is 0.934 bits per heavy atom. The van der Waals surface area contributed by atoms with Crippen LogP contribution in [0.4, 0.5) is 24.8 Å². The Morgan fingerprint density at radius 1 is 0.526 bits per heavy atom. The number of hydrogen-bond acceptors (Lipinski definition) is 12. The van der Waals surface area contributed by atoms with Crippen LogP contribution < -0.4 is 30.0 Å². The Bertz CT molecular complexity index is 3880. The smallest absolute Gasteiger partial charge is 0.263 e. The zero-order valence-corrected chi connectivity index (χ0v) is 43.8. The standard InChI is InChI=1S/C25H16Cl2FN3O5S.C25H16ClF2N3O5S.CH4.H3P/c2*1-35-23-12-19(15-8-16(26)11-17(27)9-15)20(28)13-22(23)31-21-4-3-18(10-14(21)2-5-25(31)32)37(33,34)30-24-6-7-36-29-24;;/h2*2-13H,1H3,(H,29,30);1H4;1H3. The van der Waals surface area contributed by atoms with Gasteiger partial charge in [0, 0.05) is 73.4 Å². The first-order chi connectivity index (χ1) is 35.3. The molecule has 0 saturated heterocycles. The molecule has 0 fully saturated rings. The molecule has 6 aromatic carbocycles. The molecule has 2 N–H and O–H groups in total. The summed E-state index contributed by atoms with van der Waals surface area (Å²) in [6.45, 7) is 0. The van der Waals surface area contributed by atoms with Crippen molar-refractivity contribution in [3.05, 3.63) is 199 Å². The first-order valence-corrected chi connectivity index (χ1v) is 25.3. The summed E-state index contributed by atoms with van der Waals surface area (Å²) in [5.74, 6) is -1.69. The van der Waals surface area contributed by atoms with Crippen LogP contribution in [-0.4, -0.2) is 50.5 Å². The van der Waals surface area contributed by atoms with E-state index in [-0.39, 0.29) is 83.3 Å². The molecule has 0 radical (unpaired) electrons. The van der Waals surface area contributed by atoms with Crippen LogP contribution >= 0.6 is 44.7 Å². The van der Waals surface area contributed by atoms with Crippen molar-refractivity contribution >= 4 is 98.2 Å². The lowest BCUT2D eigenvalue weighted by molar-refractivity contribution is 0.412. The number of aromatic nitrogens is 4. The number of sulfonamides is 2. The van der Waals surface area contributed by atoms with E-state index in [1.165, 1.54) is 139 Å². The number of nitrogens with zero attached hydrogens (tertiary/aromatic N) is 4. The monoisotopic (exact) mass is 1150 g/mol. The minimum Gasteiger partial charge on any atom is -0.495 e. The van der Waals surface area contributed by atoms with Crippen molar-refractivity contribution in [3.8, 4) is 45.1 Å². The van der Waals surface area contributed by atoms with E-state index in [0.717, 1.165) is 18.2 Å². The number of fused-ring (bicyclic) bond motifs is 2. The summed E-state index contributed by atoms with van der Waals surface area (Å²) in [5.41, 5.74) is 0.654. The Kier molecular flexibility index (Phi) is 16.7. The Hall–Kier alpha value is -7.65. The van der Waals surface area contributed by atoms with Gasteiger partial charge in [0.05, 0.1) is 46.4 Å². The number of rotatable bonds is 12. The Balaban J connectivity index is 0.000000216. The number of ether oxygens (including phenoxy) is 2. The van der Waals surface area contributed by atoms with Crippen LogP contribution in [0.3, 0.4) is 0 Å². The van der Waals surface area contributed by atoms with Gasteiger partial charge in [0.15, 0.2) is 11.6 Å². The molecule has 1 unspecified atom stereocenters. The van der Waals surface area contributed by atoms with Crippen LogP contribution in [0.15, 0.2) is 174 Å². The van der Waals surface area contributed by atoms with Crippen molar-refractivity contribution in [3.63, 3.8) is 0 Å². The average molecular weight is 1150 g/mol. The molecule has 392 valence electrons. The number of hydrogen-bond donors (Lipinski definition) is 2. The zero-order valence-electron chi connectivity index (χ0n) is 38.5. The fourth-order valence-corrected chi connectivity index (χ4v) is 10.6. The van der Waals surface area contributed by atoms with Gasteiger partial charge in [-0.2, -0.15) is 9.90 Å². The van der Waals surface area contributed by atoms with Crippen molar-refractivity contribution in [2.45, 2.75) is 17.2 Å². The third-order valence-corrected chi connectivity index (χ3v) is 14.4. The fourth-order valence-electron chi connectivity index (χ4n) is 7.83. The van der Waals surface area contributed by atoms with Crippen molar-refractivity contribution in [1.29, 1.82) is 0 Å². The summed E-state index contributed by atoms with van der Waals surface area (Å²) in [7, 11) is -5.27. The van der Waals surface area contributed by atoms with E-state index in [2.05, 4.69) is 28.8 Å².